The van der Waals surface area contributed by atoms with Crippen molar-refractivity contribution in [2.75, 3.05) is 6.54 Å². The third kappa shape index (κ3) is 6.17. The second kappa shape index (κ2) is 6.88. The Kier molecular flexibility index (Phi) is 5.49. The van der Waals surface area contributed by atoms with Crippen molar-refractivity contribution in [1.82, 2.24) is 15.2 Å². The Bertz CT molecular complexity index is 452. The number of rotatable bonds is 5. The van der Waals surface area contributed by atoms with Gasteiger partial charge in [0.25, 0.3) is 0 Å². The SMILES string of the molecule is CC(C)(C)NC(=O)N(CCC(=N)N)Cc1cccnc1. The van der Waals surface area contributed by atoms with Crippen LogP contribution in [0, 0.1) is 5.41 Å². The lowest BCUT2D eigenvalue weighted by Gasteiger charge is -2.28. The van der Waals surface area contributed by atoms with Gasteiger partial charge in [-0.2, -0.15) is 0 Å². The lowest BCUT2D eigenvalue weighted by atomic mass is 10.1. The fourth-order valence-electron chi connectivity index (χ4n) is 1.62. The summed E-state index contributed by atoms with van der Waals surface area (Å²) in [5.41, 5.74) is 6.01. The number of hydrogen-bond acceptors (Lipinski definition) is 3. The van der Waals surface area contributed by atoms with Crippen molar-refractivity contribution in [3.05, 3.63) is 30.1 Å². The van der Waals surface area contributed by atoms with Crippen LogP contribution in [0.5, 0.6) is 0 Å². The molecule has 0 saturated heterocycles. The smallest absolute Gasteiger partial charge is 0.318 e. The molecule has 110 valence electrons. The lowest BCUT2D eigenvalue weighted by Crippen LogP contribution is -2.48. The highest BCUT2D eigenvalue weighted by Gasteiger charge is 2.19. The van der Waals surface area contributed by atoms with Crippen molar-refractivity contribution >= 4 is 11.9 Å². The van der Waals surface area contributed by atoms with Gasteiger partial charge in [-0.15, -0.1) is 0 Å². The molecule has 0 unspecified atom stereocenters. The maximum Gasteiger partial charge on any atom is 0.318 e. The van der Waals surface area contributed by atoms with E-state index in [9.17, 15) is 4.79 Å². The number of nitrogens with two attached hydrogens (primary N) is 1. The van der Waals surface area contributed by atoms with Gasteiger partial charge in [-0.25, -0.2) is 4.79 Å². The second-order valence-corrected chi connectivity index (χ2v) is 5.74. The highest BCUT2D eigenvalue weighted by Crippen LogP contribution is 2.07. The van der Waals surface area contributed by atoms with Gasteiger partial charge >= 0.3 is 6.03 Å². The Labute approximate surface area is 119 Å². The van der Waals surface area contributed by atoms with Crippen LogP contribution in [0.15, 0.2) is 24.5 Å². The number of pyridine rings is 1. The third-order valence-electron chi connectivity index (χ3n) is 2.52. The minimum Gasteiger partial charge on any atom is -0.388 e. The minimum atomic E-state index is -0.305. The molecule has 0 aliphatic rings. The first kappa shape index (κ1) is 15.9. The Hall–Kier alpha value is -2.11. The van der Waals surface area contributed by atoms with Crippen LogP contribution in [0.3, 0.4) is 0 Å². The summed E-state index contributed by atoms with van der Waals surface area (Å²) in [6.07, 6.45) is 3.78. The van der Waals surface area contributed by atoms with Crippen LogP contribution < -0.4 is 11.1 Å². The van der Waals surface area contributed by atoms with E-state index in [0.29, 0.717) is 19.5 Å². The van der Waals surface area contributed by atoms with Crippen LogP contribution in [0.25, 0.3) is 0 Å². The van der Waals surface area contributed by atoms with Crippen molar-refractivity contribution < 1.29 is 4.79 Å². The molecule has 0 aromatic carbocycles. The predicted octanol–water partition coefficient (Wildman–Crippen LogP) is 1.72. The normalized spacial score (nSPS) is 10.9. The number of amidine groups is 1. The molecule has 0 radical (unpaired) electrons. The monoisotopic (exact) mass is 277 g/mol. The molecule has 6 nitrogen and oxygen atoms in total. The summed E-state index contributed by atoms with van der Waals surface area (Å²) in [5, 5.41) is 10.2. The molecule has 0 aliphatic heterocycles. The summed E-state index contributed by atoms with van der Waals surface area (Å²) in [6, 6.07) is 3.58. The summed E-state index contributed by atoms with van der Waals surface area (Å²) in [7, 11) is 0. The molecule has 0 atom stereocenters. The number of carbonyl (C=O) groups excluding carboxylic acids is 1. The number of aromatic nitrogens is 1. The number of urea groups is 1. The van der Waals surface area contributed by atoms with Gasteiger partial charge in [0.2, 0.25) is 0 Å². The standard InChI is InChI=1S/C14H23N5O/c1-14(2,3)18-13(20)19(8-6-12(15)16)10-11-5-4-7-17-9-11/h4-5,7,9H,6,8,10H2,1-3H3,(H3,15,16)(H,18,20). The fourth-order valence-corrected chi connectivity index (χ4v) is 1.62. The molecule has 20 heavy (non-hydrogen) atoms. The van der Waals surface area contributed by atoms with E-state index >= 15 is 0 Å². The number of carbonyl (C=O) groups is 1. The molecule has 2 amide bonds. The average molecular weight is 277 g/mol. The highest BCUT2D eigenvalue weighted by molar-refractivity contribution is 5.79. The topological polar surface area (TPSA) is 95.1 Å². The first-order valence-electron chi connectivity index (χ1n) is 6.57. The van der Waals surface area contributed by atoms with Gasteiger partial charge in [0.05, 0.1) is 5.84 Å². The Morgan fingerprint density at radius 2 is 2.20 bits per heavy atom. The van der Waals surface area contributed by atoms with E-state index in [1.807, 2.05) is 32.9 Å². The molecule has 1 rings (SSSR count). The van der Waals surface area contributed by atoms with Gasteiger partial charge in [0.1, 0.15) is 0 Å². The number of nitrogens with zero attached hydrogens (tertiary/aromatic N) is 2. The van der Waals surface area contributed by atoms with Crippen molar-refractivity contribution in [2.45, 2.75) is 39.3 Å². The molecule has 1 aromatic heterocycles. The van der Waals surface area contributed by atoms with Crippen LogP contribution >= 0.6 is 0 Å². The molecule has 0 saturated carbocycles. The van der Waals surface area contributed by atoms with E-state index in [1.165, 1.54) is 0 Å². The third-order valence-corrected chi connectivity index (χ3v) is 2.52. The summed E-state index contributed by atoms with van der Waals surface area (Å²) in [4.78, 5) is 17.9. The molecule has 1 heterocycles. The Balaban J connectivity index is 2.74. The highest BCUT2D eigenvalue weighted by atomic mass is 16.2. The van der Waals surface area contributed by atoms with Gasteiger partial charge < -0.3 is 16.0 Å². The first-order valence-corrected chi connectivity index (χ1v) is 6.57. The van der Waals surface area contributed by atoms with E-state index in [-0.39, 0.29) is 17.4 Å². The van der Waals surface area contributed by atoms with Gasteiger partial charge in [-0.3, -0.25) is 10.4 Å². The van der Waals surface area contributed by atoms with E-state index in [0.717, 1.165) is 5.56 Å². The van der Waals surface area contributed by atoms with Crippen molar-refractivity contribution in [3.8, 4) is 0 Å². The van der Waals surface area contributed by atoms with Gasteiger partial charge in [-0.1, -0.05) is 6.07 Å². The predicted molar refractivity (Wildman–Crippen MR) is 79.5 cm³/mol. The molecule has 1 aromatic rings. The van der Waals surface area contributed by atoms with E-state index in [1.54, 1.807) is 17.3 Å². The van der Waals surface area contributed by atoms with Crippen molar-refractivity contribution in [3.63, 3.8) is 0 Å². The average Bonchev–Trinajstić information content (AvgIpc) is 2.33. The van der Waals surface area contributed by atoms with Crippen LogP contribution in [0.2, 0.25) is 0 Å². The summed E-state index contributed by atoms with van der Waals surface area (Å²) < 4.78 is 0. The molecule has 0 aliphatic carbocycles. The molecule has 0 bridgehead atoms. The van der Waals surface area contributed by atoms with Gasteiger partial charge in [0.15, 0.2) is 0 Å². The zero-order chi connectivity index (χ0) is 15.2. The Morgan fingerprint density at radius 1 is 1.50 bits per heavy atom. The van der Waals surface area contributed by atoms with Crippen LogP contribution in [0.4, 0.5) is 4.79 Å². The molecule has 4 N–H and O–H groups in total. The first-order chi connectivity index (χ1) is 9.28. The maximum atomic E-state index is 12.3. The van der Waals surface area contributed by atoms with Crippen LogP contribution in [0.1, 0.15) is 32.8 Å². The quantitative estimate of drug-likeness (QED) is 0.565. The molecular formula is C14H23N5O. The van der Waals surface area contributed by atoms with Crippen LogP contribution in [-0.4, -0.2) is 33.8 Å². The zero-order valence-corrected chi connectivity index (χ0v) is 12.3. The summed E-state index contributed by atoms with van der Waals surface area (Å²) >= 11 is 0. The van der Waals surface area contributed by atoms with Crippen molar-refractivity contribution in [2.24, 2.45) is 5.73 Å². The number of nitrogens with one attached hydrogen (secondary N) is 2. The van der Waals surface area contributed by atoms with Crippen LogP contribution in [-0.2, 0) is 6.54 Å². The fraction of sp³-hybridized carbons (Fsp3) is 0.500. The van der Waals surface area contributed by atoms with E-state index in [4.69, 9.17) is 11.1 Å². The molecular weight excluding hydrogens is 254 g/mol. The largest absolute Gasteiger partial charge is 0.388 e. The van der Waals surface area contributed by atoms with E-state index < -0.39 is 0 Å². The number of hydrogen-bond donors (Lipinski definition) is 3. The second-order valence-electron chi connectivity index (χ2n) is 5.74. The van der Waals surface area contributed by atoms with Gasteiger partial charge in [-0.05, 0) is 32.4 Å². The lowest BCUT2D eigenvalue weighted by molar-refractivity contribution is 0.187. The molecule has 0 fully saturated rings. The Morgan fingerprint density at radius 3 is 2.70 bits per heavy atom. The molecule has 0 spiro atoms. The maximum absolute atomic E-state index is 12.3. The summed E-state index contributed by atoms with van der Waals surface area (Å²) in [6.45, 7) is 6.64. The number of amides is 2. The van der Waals surface area contributed by atoms with E-state index in [2.05, 4.69) is 10.3 Å². The molecule has 6 heteroatoms. The van der Waals surface area contributed by atoms with Crippen molar-refractivity contribution in [1.29, 1.82) is 5.41 Å². The summed E-state index contributed by atoms with van der Waals surface area (Å²) in [5.74, 6) is 0.0738. The van der Waals surface area contributed by atoms with Gasteiger partial charge in [0, 0.05) is 37.4 Å². The zero-order valence-electron chi connectivity index (χ0n) is 12.3. The minimum absolute atomic E-state index is 0.0738.